The number of nitrogens with zero attached hydrogens (tertiary/aromatic N) is 1. The summed E-state index contributed by atoms with van der Waals surface area (Å²) >= 11 is 0. The predicted octanol–water partition coefficient (Wildman–Crippen LogP) is 1.17. The van der Waals surface area contributed by atoms with Gasteiger partial charge in [0.25, 0.3) is 5.91 Å². The molecule has 7 nitrogen and oxygen atoms in total. The van der Waals surface area contributed by atoms with Crippen LogP contribution in [-0.4, -0.2) is 42.1 Å². The molecule has 0 bridgehead atoms. The highest BCUT2D eigenvalue weighted by atomic mass is 16.5. The maximum atomic E-state index is 12.4. The van der Waals surface area contributed by atoms with Crippen molar-refractivity contribution in [2.45, 2.75) is 32.3 Å². The van der Waals surface area contributed by atoms with Gasteiger partial charge in [-0.05, 0) is 18.6 Å². The van der Waals surface area contributed by atoms with Crippen molar-refractivity contribution in [1.82, 2.24) is 5.32 Å². The highest BCUT2D eigenvalue weighted by Crippen LogP contribution is 2.34. The van der Waals surface area contributed by atoms with Crippen LogP contribution in [-0.2, 0) is 14.4 Å². The van der Waals surface area contributed by atoms with Crippen molar-refractivity contribution in [2.24, 2.45) is 0 Å². The standard InChI is InChI=1S/C16H20N2O5/c1-2-12-16(22)18(11-5-3-4-6-13(11)23-12)10-8-14(19)17-9-7-15(20)21/h3-6,12H,2,7-10H2,1H3,(H,17,19)(H,20,21)/t12-/m1/s1. The summed E-state index contributed by atoms with van der Waals surface area (Å²) in [5.74, 6) is -0.779. The third-order valence-corrected chi connectivity index (χ3v) is 3.56. The smallest absolute Gasteiger partial charge is 0.305 e. The van der Waals surface area contributed by atoms with Crippen LogP contribution >= 0.6 is 0 Å². The summed E-state index contributed by atoms with van der Waals surface area (Å²) in [6, 6.07) is 7.21. The first-order valence-electron chi connectivity index (χ1n) is 7.58. The first-order chi connectivity index (χ1) is 11.0. The first-order valence-corrected chi connectivity index (χ1v) is 7.58. The third kappa shape index (κ3) is 4.21. The molecule has 124 valence electrons. The lowest BCUT2D eigenvalue weighted by Crippen LogP contribution is -2.46. The van der Waals surface area contributed by atoms with Gasteiger partial charge in [0, 0.05) is 19.5 Å². The molecule has 7 heteroatoms. The van der Waals surface area contributed by atoms with Gasteiger partial charge in [0.15, 0.2) is 6.10 Å². The number of hydrogen-bond donors (Lipinski definition) is 2. The molecule has 0 radical (unpaired) electrons. The Hall–Kier alpha value is -2.57. The number of nitrogens with one attached hydrogen (secondary N) is 1. The van der Waals surface area contributed by atoms with Crippen molar-refractivity contribution in [2.75, 3.05) is 18.0 Å². The Morgan fingerprint density at radius 3 is 2.74 bits per heavy atom. The quantitative estimate of drug-likeness (QED) is 0.786. The van der Waals surface area contributed by atoms with Crippen molar-refractivity contribution in [1.29, 1.82) is 0 Å². The van der Waals surface area contributed by atoms with Crippen LogP contribution in [0.25, 0.3) is 0 Å². The van der Waals surface area contributed by atoms with Crippen molar-refractivity contribution >= 4 is 23.5 Å². The molecule has 2 rings (SSSR count). The molecule has 0 aromatic heterocycles. The molecule has 1 aromatic rings. The summed E-state index contributed by atoms with van der Waals surface area (Å²) in [5.41, 5.74) is 0.653. The van der Waals surface area contributed by atoms with Gasteiger partial charge in [0.05, 0.1) is 12.1 Å². The maximum Gasteiger partial charge on any atom is 0.305 e. The van der Waals surface area contributed by atoms with Crippen molar-refractivity contribution in [3.63, 3.8) is 0 Å². The second kappa shape index (κ2) is 7.62. The molecule has 23 heavy (non-hydrogen) atoms. The van der Waals surface area contributed by atoms with E-state index in [1.165, 1.54) is 0 Å². The third-order valence-electron chi connectivity index (χ3n) is 3.56. The van der Waals surface area contributed by atoms with E-state index in [1.54, 1.807) is 17.0 Å². The Morgan fingerprint density at radius 2 is 2.04 bits per heavy atom. The normalized spacial score (nSPS) is 16.5. The molecule has 1 heterocycles. The summed E-state index contributed by atoms with van der Waals surface area (Å²) < 4.78 is 5.66. The van der Waals surface area contributed by atoms with Crippen molar-refractivity contribution in [3.05, 3.63) is 24.3 Å². The fraction of sp³-hybridized carbons (Fsp3) is 0.438. The van der Waals surface area contributed by atoms with E-state index in [1.807, 2.05) is 19.1 Å². The van der Waals surface area contributed by atoms with E-state index in [9.17, 15) is 14.4 Å². The van der Waals surface area contributed by atoms with Gasteiger partial charge in [-0.2, -0.15) is 0 Å². The molecule has 0 saturated heterocycles. The van der Waals surface area contributed by atoms with Crippen LogP contribution in [0, 0.1) is 0 Å². The van der Waals surface area contributed by atoms with Crippen LogP contribution in [0.1, 0.15) is 26.2 Å². The molecule has 0 fully saturated rings. The second-order valence-corrected chi connectivity index (χ2v) is 5.22. The first kappa shape index (κ1) is 16.8. The van der Waals surface area contributed by atoms with E-state index in [2.05, 4.69) is 5.32 Å². The number of rotatable bonds is 7. The average Bonchev–Trinajstić information content (AvgIpc) is 2.53. The lowest BCUT2D eigenvalue weighted by atomic mass is 10.1. The highest BCUT2D eigenvalue weighted by Gasteiger charge is 2.32. The summed E-state index contributed by atoms with van der Waals surface area (Å²) in [5, 5.41) is 11.1. The molecule has 0 unspecified atom stereocenters. The number of ether oxygens (including phenoxy) is 1. The number of aliphatic carboxylic acids is 1. The summed E-state index contributed by atoms with van der Waals surface area (Å²) in [4.78, 5) is 36.2. The predicted molar refractivity (Wildman–Crippen MR) is 83.4 cm³/mol. The SMILES string of the molecule is CC[C@H]1Oc2ccccc2N(CCC(=O)NCCC(=O)O)C1=O. The number of anilines is 1. The fourth-order valence-corrected chi connectivity index (χ4v) is 2.38. The van der Waals surface area contributed by atoms with Crippen LogP contribution < -0.4 is 15.0 Å². The summed E-state index contributed by atoms with van der Waals surface area (Å²) in [7, 11) is 0. The van der Waals surface area contributed by atoms with Gasteiger partial charge in [-0.25, -0.2) is 0 Å². The number of carboxylic acids is 1. The average molecular weight is 320 g/mol. The zero-order chi connectivity index (χ0) is 16.8. The largest absolute Gasteiger partial charge is 0.481 e. The number of para-hydroxylation sites is 2. The number of carbonyl (C=O) groups is 3. The van der Waals surface area contributed by atoms with Gasteiger partial charge in [0.1, 0.15) is 5.75 Å². The molecule has 1 aliphatic rings. The highest BCUT2D eigenvalue weighted by molar-refractivity contribution is 6.00. The molecule has 1 aliphatic heterocycles. The van der Waals surface area contributed by atoms with E-state index in [0.29, 0.717) is 17.9 Å². The molecule has 0 saturated carbocycles. The van der Waals surface area contributed by atoms with E-state index in [0.717, 1.165) is 0 Å². The maximum absolute atomic E-state index is 12.4. The second-order valence-electron chi connectivity index (χ2n) is 5.22. The van der Waals surface area contributed by atoms with E-state index in [4.69, 9.17) is 9.84 Å². The number of fused-ring (bicyclic) bond motifs is 1. The van der Waals surface area contributed by atoms with Crippen molar-refractivity contribution in [3.8, 4) is 5.75 Å². The Labute approximate surface area is 134 Å². The van der Waals surface area contributed by atoms with Crippen LogP contribution in [0.2, 0.25) is 0 Å². The molecule has 2 amide bonds. The number of amides is 2. The number of benzene rings is 1. The van der Waals surface area contributed by atoms with E-state index < -0.39 is 12.1 Å². The lowest BCUT2D eigenvalue weighted by Gasteiger charge is -2.33. The Kier molecular flexibility index (Phi) is 5.56. The molecular weight excluding hydrogens is 300 g/mol. The van der Waals surface area contributed by atoms with E-state index in [-0.39, 0.29) is 37.7 Å². The van der Waals surface area contributed by atoms with Crippen LogP contribution in [0.5, 0.6) is 5.75 Å². The molecule has 0 spiro atoms. The Bertz CT molecular complexity index is 602. The van der Waals surface area contributed by atoms with Gasteiger partial charge in [0.2, 0.25) is 5.91 Å². The minimum atomic E-state index is -0.964. The summed E-state index contributed by atoms with van der Waals surface area (Å²) in [6.07, 6.45) is -0.00640. The Balaban J connectivity index is 1.99. The zero-order valence-corrected chi connectivity index (χ0v) is 12.9. The molecule has 1 aromatic carbocycles. The van der Waals surface area contributed by atoms with Crippen LogP contribution in [0.3, 0.4) is 0 Å². The summed E-state index contributed by atoms with van der Waals surface area (Å²) in [6.45, 7) is 2.18. The van der Waals surface area contributed by atoms with Gasteiger partial charge in [-0.3, -0.25) is 14.4 Å². The molecule has 1 atom stereocenters. The number of carboxylic acid groups (broad SMARTS) is 1. The number of carbonyl (C=O) groups excluding carboxylic acids is 2. The van der Waals surface area contributed by atoms with Gasteiger partial charge in [-0.1, -0.05) is 19.1 Å². The van der Waals surface area contributed by atoms with Crippen molar-refractivity contribution < 1.29 is 24.2 Å². The topological polar surface area (TPSA) is 95.9 Å². The number of hydrogen-bond acceptors (Lipinski definition) is 4. The fourth-order valence-electron chi connectivity index (χ4n) is 2.38. The minimum absolute atomic E-state index is 0.0827. The van der Waals surface area contributed by atoms with E-state index >= 15 is 0 Å². The van der Waals surface area contributed by atoms with Gasteiger partial charge >= 0.3 is 5.97 Å². The monoisotopic (exact) mass is 320 g/mol. The Morgan fingerprint density at radius 1 is 1.30 bits per heavy atom. The van der Waals surface area contributed by atoms with Gasteiger partial charge < -0.3 is 20.1 Å². The van der Waals surface area contributed by atoms with Crippen LogP contribution in [0.4, 0.5) is 5.69 Å². The minimum Gasteiger partial charge on any atom is -0.481 e. The molecule has 2 N–H and O–H groups in total. The van der Waals surface area contributed by atoms with Crippen LogP contribution in [0.15, 0.2) is 24.3 Å². The zero-order valence-electron chi connectivity index (χ0n) is 12.9. The molecule has 0 aliphatic carbocycles. The molecular formula is C16H20N2O5. The lowest BCUT2D eigenvalue weighted by molar-refractivity contribution is -0.137. The van der Waals surface area contributed by atoms with Gasteiger partial charge in [-0.15, -0.1) is 0 Å².